The van der Waals surface area contributed by atoms with Gasteiger partial charge in [-0.2, -0.15) is 0 Å². The summed E-state index contributed by atoms with van der Waals surface area (Å²) in [7, 11) is 0. The Bertz CT molecular complexity index is 536. The summed E-state index contributed by atoms with van der Waals surface area (Å²) in [6.45, 7) is 12.0. The van der Waals surface area contributed by atoms with Gasteiger partial charge in [0.05, 0.1) is 6.54 Å². The molecule has 0 aromatic heterocycles. The predicted octanol–water partition coefficient (Wildman–Crippen LogP) is 2.78. The minimum absolute atomic E-state index is 0. The number of hydrogen-bond acceptors (Lipinski definition) is 3. The van der Waals surface area contributed by atoms with Crippen LogP contribution in [0.15, 0.2) is 29.3 Å². The van der Waals surface area contributed by atoms with E-state index >= 15 is 0 Å². The Labute approximate surface area is 167 Å². The molecular formula is C17H29ClIN5. The van der Waals surface area contributed by atoms with Gasteiger partial charge in [0.15, 0.2) is 5.96 Å². The van der Waals surface area contributed by atoms with Crippen LogP contribution in [0.2, 0.25) is 5.02 Å². The fourth-order valence-electron chi connectivity index (χ4n) is 2.64. The largest absolute Gasteiger partial charge is 0.370 e. The highest BCUT2D eigenvalue weighted by Crippen LogP contribution is 2.20. The van der Waals surface area contributed by atoms with Crippen molar-refractivity contribution in [2.45, 2.75) is 26.3 Å². The third-order valence-electron chi connectivity index (χ3n) is 3.75. The van der Waals surface area contributed by atoms with E-state index in [0.29, 0.717) is 5.96 Å². The molecule has 1 heterocycles. The monoisotopic (exact) mass is 465 g/mol. The van der Waals surface area contributed by atoms with E-state index in [-0.39, 0.29) is 29.5 Å². The van der Waals surface area contributed by atoms with Gasteiger partial charge in [-0.3, -0.25) is 9.89 Å². The Morgan fingerprint density at radius 2 is 1.92 bits per heavy atom. The van der Waals surface area contributed by atoms with E-state index < -0.39 is 0 Å². The number of piperazine rings is 1. The van der Waals surface area contributed by atoms with Crippen molar-refractivity contribution in [2.24, 2.45) is 10.7 Å². The summed E-state index contributed by atoms with van der Waals surface area (Å²) in [6.07, 6.45) is 0. The average Bonchev–Trinajstić information content (AvgIpc) is 2.46. The Balaban J connectivity index is 0.00000288. The summed E-state index contributed by atoms with van der Waals surface area (Å²) in [5, 5.41) is 3.97. The average molecular weight is 466 g/mol. The molecule has 0 amide bonds. The van der Waals surface area contributed by atoms with Crippen molar-refractivity contribution >= 4 is 47.2 Å². The Kier molecular flexibility index (Phi) is 8.59. The first-order chi connectivity index (χ1) is 10.8. The summed E-state index contributed by atoms with van der Waals surface area (Å²) in [5.74, 6) is 0.523. The van der Waals surface area contributed by atoms with E-state index in [9.17, 15) is 0 Å². The summed E-state index contributed by atoms with van der Waals surface area (Å²) in [6, 6.07) is 8.06. The second-order valence-corrected chi connectivity index (χ2v) is 7.39. The molecule has 1 aliphatic heterocycles. The Hall–Kier alpha value is -0.730. The maximum Gasteiger partial charge on any atom is 0.189 e. The van der Waals surface area contributed by atoms with Crippen LogP contribution >= 0.6 is 35.6 Å². The van der Waals surface area contributed by atoms with Crippen LogP contribution in [0, 0.1) is 0 Å². The molecule has 0 unspecified atom stereocenters. The molecule has 1 aromatic rings. The fourth-order valence-corrected chi connectivity index (χ4v) is 2.82. The van der Waals surface area contributed by atoms with E-state index in [1.165, 1.54) is 5.69 Å². The smallest absolute Gasteiger partial charge is 0.189 e. The molecular weight excluding hydrogens is 437 g/mol. The van der Waals surface area contributed by atoms with Crippen LogP contribution < -0.4 is 16.0 Å². The topological polar surface area (TPSA) is 56.9 Å². The molecule has 1 aliphatic rings. The maximum absolute atomic E-state index is 6.07. The lowest BCUT2D eigenvalue weighted by atomic mass is 10.1. The van der Waals surface area contributed by atoms with Crippen LogP contribution in [0.4, 0.5) is 5.69 Å². The van der Waals surface area contributed by atoms with Crippen LogP contribution in [0.25, 0.3) is 0 Å². The van der Waals surface area contributed by atoms with E-state index in [0.717, 1.165) is 44.3 Å². The van der Waals surface area contributed by atoms with Gasteiger partial charge in [0.1, 0.15) is 0 Å². The highest BCUT2D eigenvalue weighted by molar-refractivity contribution is 14.0. The zero-order valence-corrected chi connectivity index (χ0v) is 17.8. The minimum atomic E-state index is -0.0455. The summed E-state index contributed by atoms with van der Waals surface area (Å²) in [4.78, 5) is 9.20. The summed E-state index contributed by atoms with van der Waals surface area (Å²) < 4.78 is 0. The number of aliphatic imine (C=N–C) groups is 1. The molecule has 0 radical (unpaired) electrons. The lowest BCUT2D eigenvalue weighted by molar-refractivity contribution is 0.265. The summed E-state index contributed by atoms with van der Waals surface area (Å²) >= 11 is 6.07. The number of nitrogens with zero attached hydrogens (tertiary/aromatic N) is 3. The minimum Gasteiger partial charge on any atom is -0.370 e. The van der Waals surface area contributed by atoms with Gasteiger partial charge in [-0.05, 0) is 39.0 Å². The fraction of sp³-hybridized carbons (Fsp3) is 0.588. The molecule has 3 N–H and O–H groups in total. The molecule has 24 heavy (non-hydrogen) atoms. The first kappa shape index (κ1) is 21.3. The number of hydrogen-bond donors (Lipinski definition) is 2. The molecule has 0 bridgehead atoms. The molecule has 7 heteroatoms. The number of benzene rings is 1. The third-order valence-corrected chi connectivity index (χ3v) is 3.98. The standard InChI is InChI=1S/C17H28ClN5.HI/c1-17(2,3)21-16(19)20-7-8-22-9-11-23(12-10-22)15-6-4-5-14(18)13-15;/h4-6,13H,7-12H2,1-3H3,(H3,19,20,21);1H. The van der Waals surface area contributed by atoms with Crippen LogP contribution in [0.3, 0.4) is 0 Å². The molecule has 2 rings (SSSR count). The Morgan fingerprint density at radius 3 is 2.50 bits per heavy atom. The van der Waals surface area contributed by atoms with Crippen molar-refractivity contribution < 1.29 is 0 Å². The van der Waals surface area contributed by atoms with E-state index in [1.54, 1.807) is 0 Å². The van der Waals surface area contributed by atoms with Gasteiger partial charge >= 0.3 is 0 Å². The third kappa shape index (κ3) is 7.44. The van der Waals surface area contributed by atoms with Crippen LogP contribution in [-0.2, 0) is 0 Å². The highest BCUT2D eigenvalue weighted by Gasteiger charge is 2.17. The molecule has 0 spiro atoms. The van der Waals surface area contributed by atoms with Gasteiger partial charge in [-0.15, -0.1) is 24.0 Å². The van der Waals surface area contributed by atoms with Crippen LogP contribution in [0.5, 0.6) is 0 Å². The highest BCUT2D eigenvalue weighted by atomic mass is 127. The van der Waals surface area contributed by atoms with E-state index in [4.69, 9.17) is 17.3 Å². The zero-order chi connectivity index (χ0) is 16.9. The molecule has 1 saturated heterocycles. The van der Waals surface area contributed by atoms with Gasteiger partial charge in [0.2, 0.25) is 0 Å². The zero-order valence-electron chi connectivity index (χ0n) is 14.8. The van der Waals surface area contributed by atoms with Crippen LogP contribution in [-0.4, -0.2) is 55.7 Å². The molecule has 5 nitrogen and oxygen atoms in total. The number of anilines is 1. The Morgan fingerprint density at radius 1 is 1.25 bits per heavy atom. The lowest BCUT2D eigenvalue weighted by Crippen LogP contribution is -2.48. The van der Waals surface area contributed by atoms with E-state index in [2.05, 4.69) is 46.9 Å². The van der Waals surface area contributed by atoms with Crippen LogP contribution in [0.1, 0.15) is 20.8 Å². The van der Waals surface area contributed by atoms with Gasteiger partial charge in [0.25, 0.3) is 0 Å². The number of halogens is 2. The lowest BCUT2D eigenvalue weighted by Gasteiger charge is -2.36. The van der Waals surface area contributed by atoms with Gasteiger partial charge in [0, 0.05) is 49.0 Å². The first-order valence-electron chi connectivity index (χ1n) is 8.14. The molecule has 1 aromatic carbocycles. The quantitative estimate of drug-likeness (QED) is 0.408. The number of guanidine groups is 1. The predicted molar refractivity (Wildman–Crippen MR) is 115 cm³/mol. The number of nitrogens with one attached hydrogen (secondary N) is 1. The van der Waals surface area contributed by atoms with Crippen molar-refractivity contribution in [1.29, 1.82) is 0 Å². The van der Waals surface area contributed by atoms with Gasteiger partial charge in [-0.25, -0.2) is 0 Å². The molecule has 136 valence electrons. The second-order valence-electron chi connectivity index (χ2n) is 6.95. The van der Waals surface area contributed by atoms with Gasteiger partial charge < -0.3 is 16.0 Å². The molecule has 0 saturated carbocycles. The normalized spacial score (nSPS) is 16.7. The van der Waals surface area contributed by atoms with Crippen molar-refractivity contribution in [3.63, 3.8) is 0 Å². The van der Waals surface area contributed by atoms with Crippen molar-refractivity contribution in [3.05, 3.63) is 29.3 Å². The van der Waals surface area contributed by atoms with Crippen molar-refractivity contribution in [1.82, 2.24) is 10.2 Å². The first-order valence-corrected chi connectivity index (χ1v) is 8.52. The number of rotatable bonds is 4. The second kappa shape index (κ2) is 9.68. The van der Waals surface area contributed by atoms with E-state index in [1.807, 2.05) is 18.2 Å². The van der Waals surface area contributed by atoms with Crippen molar-refractivity contribution in [2.75, 3.05) is 44.2 Å². The maximum atomic E-state index is 6.07. The SMILES string of the molecule is CC(C)(C)NC(N)=NCCN1CCN(c2cccc(Cl)c2)CC1.I. The molecule has 0 atom stereocenters. The van der Waals surface area contributed by atoms with Gasteiger partial charge in [-0.1, -0.05) is 17.7 Å². The molecule has 0 aliphatic carbocycles. The number of nitrogens with two attached hydrogens (primary N) is 1. The summed E-state index contributed by atoms with van der Waals surface area (Å²) in [5.41, 5.74) is 7.04. The van der Waals surface area contributed by atoms with Crippen molar-refractivity contribution in [3.8, 4) is 0 Å². The molecule has 1 fully saturated rings.